The van der Waals surface area contributed by atoms with Crippen molar-refractivity contribution >= 4 is 12.0 Å². The van der Waals surface area contributed by atoms with Crippen LogP contribution in [0.2, 0.25) is 0 Å². The number of hydrogen-bond donors (Lipinski definition) is 1. The summed E-state index contributed by atoms with van der Waals surface area (Å²) < 4.78 is 5.18. The van der Waals surface area contributed by atoms with Gasteiger partial charge in [0, 0.05) is 31.8 Å². The van der Waals surface area contributed by atoms with E-state index in [1.54, 1.807) is 13.2 Å². The Labute approximate surface area is 139 Å². The highest BCUT2D eigenvalue weighted by Gasteiger charge is 2.20. The third kappa shape index (κ3) is 6.06. The topological polar surface area (TPSA) is 41.6 Å². The average Bonchev–Trinajstić information content (AvgIpc) is 2.54. The van der Waals surface area contributed by atoms with Gasteiger partial charge in [0.25, 0.3) is 0 Å². The first kappa shape index (κ1) is 17.5. The number of ether oxygens (including phenoxy) is 1. The van der Waals surface area contributed by atoms with Gasteiger partial charge in [0.2, 0.25) is 5.91 Å². The Morgan fingerprint density at radius 1 is 1.39 bits per heavy atom. The van der Waals surface area contributed by atoms with E-state index in [9.17, 15) is 4.79 Å². The average molecular weight is 316 g/mol. The first-order chi connectivity index (χ1) is 11.1. The second kappa shape index (κ2) is 8.73. The largest absolute Gasteiger partial charge is 0.497 e. The molecule has 1 fully saturated rings. The fourth-order valence-corrected chi connectivity index (χ4v) is 2.94. The maximum absolute atomic E-state index is 12.1. The summed E-state index contributed by atoms with van der Waals surface area (Å²) in [5, 5.41) is 3.11. The van der Waals surface area contributed by atoms with E-state index in [2.05, 4.69) is 24.1 Å². The molecule has 1 heterocycles. The molecule has 0 aliphatic carbocycles. The smallest absolute Gasteiger partial charge is 0.244 e. The monoisotopic (exact) mass is 316 g/mol. The lowest BCUT2D eigenvalue weighted by Crippen LogP contribution is -2.45. The highest BCUT2D eigenvalue weighted by Crippen LogP contribution is 2.14. The molecule has 4 nitrogen and oxygen atoms in total. The summed E-state index contributed by atoms with van der Waals surface area (Å²) >= 11 is 0. The van der Waals surface area contributed by atoms with Crippen LogP contribution in [0, 0.1) is 5.92 Å². The van der Waals surface area contributed by atoms with E-state index in [4.69, 9.17) is 4.74 Å². The Morgan fingerprint density at radius 2 is 2.13 bits per heavy atom. The number of amides is 1. The van der Waals surface area contributed by atoms with Crippen LogP contribution in [0.15, 0.2) is 30.3 Å². The Morgan fingerprint density at radius 3 is 2.78 bits per heavy atom. The molecule has 1 N–H and O–H groups in total. The van der Waals surface area contributed by atoms with Gasteiger partial charge in [-0.3, -0.25) is 4.79 Å². The molecule has 1 aromatic carbocycles. The standard InChI is InChI=1S/C19H28N2O2/c1-15(2)14-21-11-9-17(10-12-21)20-19(22)8-7-16-5-4-6-18(13-16)23-3/h4-8,13,15,17H,9-12,14H2,1-3H3,(H,20,22). The van der Waals surface area contributed by atoms with Gasteiger partial charge in [0.15, 0.2) is 0 Å². The summed E-state index contributed by atoms with van der Waals surface area (Å²) in [6.07, 6.45) is 5.50. The molecule has 0 spiro atoms. The van der Waals surface area contributed by atoms with Gasteiger partial charge in [-0.05, 0) is 42.5 Å². The first-order valence-electron chi connectivity index (χ1n) is 8.42. The molecule has 23 heavy (non-hydrogen) atoms. The molecule has 1 aromatic rings. The van der Waals surface area contributed by atoms with Crippen LogP contribution in [0.3, 0.4) is 0 Å². The van der Waals surface area contributed by atoms with Gasteiger partial charge in [0.1, 0.15) is 5.75 Å². The third-order valence-corrected chi connectivity index (χ3v) is 4.08. The van der Waals surface area contributed by atoms with Crippen molar-refractivity contribution in [2.75, 3.05) is 26.7 Å². The number of piperidine rings is 1. The predicted octanol–water partition coefficient (Wildman–Crippen LogP) is 2.95. The summed E-state index contributed by atoms with van der Waals surface area (Å²) in [7, 11) is 1.64. The highest BCUT2D eigenvalue weighted by atomic mass is 16.5. The van der Waals surface area contributed by atoms with E-state index >= 15 is 0 Å². The molecule has 0 bridgehead atoms. The third-order valence-electron chi connectivity index (χ3n) is 4.08. The van der Waals surface area contributed by atoms with Crippen molar-refractivity contribution < 1.29 is 9.53 Å². The second-order valence-electron chi connectivity index (χ2n) is 6.59. The lowest BCUT2D eigenvalue weighted by molar-refractivity contribution is -0.117. The van der Waals surface area contributed by atoms with Gasteiger partial charge in [-0.2, -0.15) is 0 Å². The maximum atomic E-state index is 12.1. The summed E-state index contributed by atoms with van der Waals surface area (Å²) in [6, 6.07) is 7.97. The fourth-order valence-electron chi connectivity index (χ4n) is 2.94. The van der Waals surface area contributed by atoms with Gasteiger partial charge in [-0.25, -0.2) is 0 Å². The normalized spacial score (nSPS) is 16.9. The number of rotatable bonds is 6. The molecule has 0 radical (unpaired) electrons. The molecule has 1 saturated heterocycles. The van der Waals surface area contributed by atoms with Crippen molar-refractivity contribution in [1.29, 1.82) is 0 Å². The van der Waals surface area contributed by atoms with Gasteiger partial charge in [-0.15, -0.1) is 0 Å². The maximum Gasteiger partial charge on any atom is 0.244 e. The van der Waals surface area contributed by atoms with Crippen LogP contribution in [-0.4, -0.2) is 43.6 Å². The zero-order valence-electron chi connectivity index (χ0n) is 14.4. The van der Waals surface area contributed by atoms with Crippen LogP contribution in [0.4, 0.5) is 0 Å². The number of likely N-dealkylation sites (tertiary alicyclic amines) is 1. The summed E-state index contributed by atoms with van der Waals surface area (Å²) in [4.78, 5) is 14.5. The number of nitrogens with zero attached hydrogens (tertiary/aromatic N) is 1. The molecule has 0 atom stereocenters. The van der Waals surface area contributed by atoms with E-state index in [-0.39, 0.29) is 5.91 Å². The van der Waals surface area contributed by atoms with Crippen LogP contribution >= 0.6 is 0 Å². The minimum atomic E-state index is -0.0184. The molecule has 1 amide bonds. The van der Waals surface area contributed by atoms with Crippen molar-refractivity contribution in [3.63, 3.8) is 0 Å². The van der Waals surface area contributed by atoms with Crippen molar-refractivity contribution in [1.82, 2.24) is 10.2 Å². The van der Waals surface area contributed by atoms with Crippen molar-refractivity contribution in [2.45, 2.75) is 32.7 Å². The Hall–Kier alpha value is -1.81. The summed E-state index contributed by atoms with van der Waals surface area (Å²) in [5.41, 5.74) is 0.964. The molecule has 0 unspecified atom stereocenters. The number of methoxy groups -OCH3 is 1. The zero-order valence-corrected chi connectivity index (χ0v) is 14.4. The lowest BCUT2D eigenvalue weighted by Gasteiger charge is -2.33. The predicted molar refractivity (Wildman–Crippen MR) is 94.5 cm³/mol. The van der Waals surface area contributed by atoms with Crippen LogP contribution in [0.5, 0.6) is 5.75 Å². The van der Waals surface area contributed by atoms with E-state index in [0.29, 0.717) is 12.0 Å². The Kier molecular flexibility index (Phi) is 6.66. The fraction of sp³-hybridized carbons (Fsp3) is 0.526. The van der Waals surface area contributed by atoms with Gasteiger partial charge in [0.05, 0.1) is 7.11 Å². The number of carbonyl (C=O) groups is 1. The molecule has 0 saturated carbocycles. The van der Waals surface area contributed by atoms with Crippen LogP contribution in [0.1, 0.15) is 32.3 Å². The van der Waals surface area contributed by atoms with Crippen molar-refractivity contribution in [3.05, 3.63) is 35.9 Å². The van der Waals surface area contributed by atoms with Crippen LogP contribution in [-0.2, 0) is 4.79 Å². The first-order valence-corrected chi connectivity index (χ1v) is 8.42. The van der Waals surface area contributed by atoms with E-state index in [1.807, 2.05) is 30.3 Å². The molecule has 1 aliphatic heterocycles. The van der Waals surface area contributed by atoms with E-state index in [0.717, 1.165) is 43.8 Å². The van der Waals surface area contributed by atoms with E-state index in [1.165, 1.54) is 0 Å². The minimum absolute atomic E-state index is 0.0184. The second-order valence-corrected chi connectivity index (χ2v) is 6.59. The molecule has 4 heteroatoms. The molecular weight excluding hydrogens is 288 g/mol. The molecule has 0 aromatic heterocycles. The zero-order chi connectivity index (χ0) is 16.7. The lowest BCUT2D eigenvalue weighted by atomic mass is 10.0. The minimum Gasteiger partial charge on any atom is -0.497 e. The van der Waals surface area contributed by atoms with Gasteiger partial charge >= 0.3 is 0 Å². The van der Waals surface area contributed by atoms with Crippen LogP contribution in [0.25, 0.3) is 6.08 Å². The summed E-state index contributed by atoms with van der Waals surface area (Å²) in [5.74, 6) is 1.48. The molecular formula is C19H28N2O2. The van der Waals surface area contributed by atoms with Crippen molar-refractivity contribution in [2.24, 2.45) is 5.92 Å². The molecule has 2 rings (SSSR count). The molecule has 1 aliphatic rings. The number of carbonyl (C=O) groups excluding carboxylic acids is 1. The highest BCUT2D eigenvalue weighted by molar-refractivity contribution is 5.91. The quantitative estimate of drug-likeness (QED) is 0.821. The van der Waals surface area contributed by atoms with Crippen LogP contribution < -0.4 is 10.1 Å². The van der Waals surface area contributed by atoms with Crippen molar-refractivity contribution in [3.8, 4) is 5.75 Å². The van der Waals surface area contributed by atoms with Gasteiger partial charge in [-0.1, -0.05) is 26.0 Å². The number of nitrogens with one attached hydrogen (secondary N) is 1. The Bertz CT molecular complexity index is 532. The summed E-state index contributed by atoms with van der Waals surface area (Å²) in [6.45, 7) is 7.79. The molecule has 126 valence electrons. The number of hydrogen-bond acceptors (Lipinski definition) is 3. The number of benzene rings is 1. The van der Waals surface area contributed by atoms with E-state index < -0.39 is 0 Å². The SMILES string of the molecule is COc1cccc(C=CC(=O)NC2CCN(CC(C)C)CC2)c1. The Balaban J connectivity index is 1.78. The van der Waals surface area contributed by atoms with Gasteiger partial charge < -0.3 is 15.0 Å².